The molecule has 0 saturated heterocycles. The standard InChI is InChI=1S/C13H11N5O2/c19-12(11-7-15-18-17-11)14-6-10-8-20-13(16-10)9-4-2-1-3-5-9/h1-5,7-8H,6H2,(H,14,19)(H,15,17,18). The van der Waals surface area contributed by atoms with Crippen LogP contribution in [0.5, 0.6) is 0 Å². The van der Waals surface area contributed by atoms with Gasteiger partial charge in [0.15, 0.2) is 5.69 Å². The van der Waals surface area contributed by atoms with Gasteiger partial charge in [-0.2, -0.15) is 15.4 Å². The molecule has 0 saturated carbocycles. The summed E-state index contributed by atoms with van der Waals surface area (Å²) < 4.78 is 5.38. The topological polar surface area (TPSA) is 96.7 Å². The number of nitrogens with one attached hydrogen (secondary N) is 2. The molecule has 0 aliphatic carbocycles. The monoisotopic (exact) mass is 269 g/mol. The van der Waals surface area contributed by atoms with Crippen LogP contribution in [0.25, 0.3) is 11.5 Å². The molecule has 0 atom stereocenters. The molecule has 1 aromatic carbocycles. The Labute approximate surface area is 114 Å². The first-order valence-corrected chi connectivity index (χ1v) is 5.97. The van der Waals surface area contributed by atoms with Crippen molar-refractivity contribution in [3.8, 4) is 11.5 Å². The number of rotatable bonds is 4. The van der Waals surface area contributed by atoms with Crippen molar-refractivity contribution in [1.82, 2.24) is 25.7 Å². The van der Waals surface area contributed by atoms with Crippen LogP contribution in [0, 0.1) is 0 Å². The largest absolute Gasteiger partial charge is 0.444 e. The number of carbonyl (C=O) groups excluding carboxylic acids is 1. The first-order valence-electron chi connectivity index (χ1n) is 5.97. The molecule has 3 rings (SSSR count). The fourth-order valence-corrected chi connectivity index (χ4v) is 1.67. The fraction of sp³-hybridized carbons (Fsp3) is 0.0769. The normalized spacial score (nSPS) is 10.4. The maximum Gasteiger partial charge on any atom is 0.273 e. The van der Waals surface area contributed by atoms with E-state index in [4.69, 9.17) is 4.42 Å². The van der Waals surface area contributed by atoms with Crippen molar-refractivity contribution in [1.29, 1.82) is 0 Å². The number of oxazole rings is 1. The molecule has 2 heterocycles. The summed E-state index contributed by atoms with van der Waals surface area (Å²) in [6, 6.07) is 9.55. The average molecular weight is 269 g/mol. The van der Waals surface area contributed by atoms with Gasteiger partial charge in [-0.1, -0.05) is 18.2 Å². The molecule has 0 aliphatic rings. The van der Waals surface area contributed by atoms with Crippen LogP contribution in [0.1, 0.15) is 16.2 Å². The molecule has 1 amide bonds. The number of hydrogen-bond donors (Lipinski definition) is 2. The van der Waals surface area contributed by atoms with Crippen molar-refractivity contribution >= 4 is 5.91 Å². The van der Waals surface area contributed by atoms with Gasteiger partial charge in [0.2, 0.25) is 5.89 Å². The SMILES string of the molecule is O=C(NCc1coc(-c2ccccc2)n1)c1cn[nH]n1. The molecule has 0 fully saturated rings. The van der Waals surface area contributed by atoms with Crippen LogP contribution in [-0.2, 0) is 6.54 Å². The van der Waals surface area contributed by atoms with E-state index >= 15 is 0 Å². The van der Waals surface area contributed by atoms with Crippen molar-refractivity contribution in [3.63, 3.8) is 0 Å². The van der Waals surface area contributed by atoms with Gasteiger partial charge in [-0.25, -0.2) is 4.98 Å². The van der Waals surface area contributed by atoms with Crippen LogP contribution < -0.4 is 5.32 Å². The summed E-state index contributed by atoms with van der Waals surface area (Å²) in [7, 11) is 0. The van der Waals surface area contributed by atoms with Gasteiger partial charge in [0.05, 0.1) is 18.4 Å². The second-order valence-electron chi connectivity index (χ2n) is 4.05. The lowest BCUT2D eigenvalue weighted by atomic mass is 10.2. The van der Waals surface area contributed by atoms with Crippen LogP contribution in [0.4, 0.5) is 0 Å². The number of aromatic amines is 1. The summed E-state index contributed by atoms with van der Waals surface area (Å²) >= 11 is 0. The number of carbonyl (C=O) groups is 1. The van der Waals surface area contributed by atoms with E-state index in [0.29, 0.717) is 11.6 Å². The second-order valence-corrected chi connectivity index (χ2v) is 4.05. The van der Waals surface area contributed by atoms with Crippen LogP contribution in [-0.4, -0.2) is 26.3 Å². The third kappa shape index (κ3) is 2.56. The molecule has 100 valence electrons. The Morgan fingerprint density at radius 3 is 2.90 bits per heavy atom. The second kappa shape index (κ2) is 5.35. The maximum atomic E-state index is 11.7. The summed E-state index contributed by atoms with van der Waals surface area (Å²) in [5, 5.41) is 12.3. The minimum Gasteiger partial charge on any atom is -0.444 e. The zero-order chi connectivity index (χ0) is 13.8. The number of aromatic nitrogens is 4. The molecular formula is C13H11N5O2. The maximum absolute atomic E-state index is 11.7. The molecule has 3 aromatic rings. The minimum absolute atomic E-state index is 0.233. The Morgan fingerprint density at radius 2 is 2.15 bits per heavy atom. The van der Waals surface area contributed by atoms with Gasteiger partial charge in [-0.3, -0.25) is 4.79 Å². The van der Waals surface area contributed by atoms with E-state index in [1.165, 1.54) is 12.5 Å². The number of amides is 1. The van der Waals surface area contributed by atoms with E-state index in [0.717, 1.165) is 5.56 Å². The smallest absolute Gasteiger partial charge is 0.273 e. The van der Waals surface area contributed by atoms with Gasteiger partial charge in [0.1, 0.15) is 6.26 Å². The van der Waals surface area contributed by atoms with Crippen LogP contribution in [0.3, 0.4) is 0 Å². The summed E-state index contributed by atoms with van der Waals surface area (Å²) in [6.07, 6.45) is 2.87. The lowest BCUT2D eigenvalue weighted by molar-refractivity contribution is 0.0945. The van der Waals surface area contributed by atoms with Crippen molar-refractivity contribution in [2.45, 2.75) is 6.54 Å². The molecule has 2 aromatic heterocycles. The van der Waals surface area contributed by atoms with Crippen LogP contribution in [0.15, 0.2) is 47.2 Å². The molecule has 2 N–H and O–H groups in total. The highest BCUT2D eigenvalue weighted by atomic mass is 16.3. The molecule has 0 spiro atoms. The van der Waals surface area contributed by atoms with E-state index in [-0.39, 0.29) is 18.1 Å². The lowest BCUT2D eigenvalue weighted by Crippen LogP contribution is -2.23. The lowest BCUT2D eigenvalue weighted by Gasteiger charge is -1.98. The number of benzene rings is 1. The van der Waals surface area contributed by atoms with Gasteiger partial charge in [-0.15, -0.1) is 0 Å². The van der Waals surface area contributed by atoms with E-state index in [1.807, 2.05) is 30.3 Å². The van der Waals surface area contributed by atoms with Gasteiger partial charge in [0, 0.05) is 5.56 Å². The van der Waals surface area contributed by atoms with Crippen molar-refractivity contribution in [2.75, 3.05) is 0 Å². The molecular weight excluding hydrogens is 258 g/mol. The minimum atomic E-state index is -0.317. The van der Waals surface area contributed by atoms with E-state index in [9.17, 15) is 4.79 Å². The van der Waals surface area contributed by atoms with E-state index in [1.54, 1.807) is 0 Å². The molecule has 0 bridgehead atoms. The van der Waals surface area contributed by atoms with E-state index < -0.39 is 0 Å². The Balaban J connectivity index is 1.65. The Kier molecular flexibility index (Phi) is 3.24. The highest BCUT2D eigenvalue weighted by molar-refractivity contribution is 5.91. The number of H-pyrrole nitrogens is 1. The number of nitrogens with zero attached hydrogens (tertiary/aromatic N) is 3. The first kappa shape index (κ1) is 12.1. The molecule has 0 aliphatic heterocycles. The van der Waals surface area contributed by atoms with Gasteiger partial charge >= 0.3 is 0 Å². The highest BCUT2D eigenvalue weighted by Crippen LogP contribution is 2.17. The molecule has 20 heavy (non-hydrogen) atoms. The molecule has 7 heteroatoms. The number of hydrogen-bond acceptors (Lipinski definition) is 5. The predicted molar refractivity (Wildman–Crippen MR) is 69.5 cm³/mol. The molecule has 0 unspecified atom stereocenters. The van der Waals surface area contributed by atoms with Gasteiger partial charge in [-0.05, 0) is 12.1 Å². The highest BCUT2D eigenvalue weighted by Gasteiger charge is 2.10. The van der Waals surface area contributed by atoms with Gasteiger partial charge < -0.3 is 9.73 Å². The Bertz CT molecular complexity index is 691. The third-order valence-corrected chi connectivity index (χ3v) is 2.65. The Morgan fingerprint density at radius 1 is 1.30 bits per heavy atom. The van der Waals surface area contributed by atoms with Gasteiger partial charge in [0.25, 0.3) is 5.91 Å². The zero-order valence-electron chi connectivity index (χ0n) is 10.4. The Hall–Kier alpha value is -2.96. The summed E-state index contributed by atoms with van der Waals surface area (Å²) in [4.78, 5) is 16.0. The third-order valence-electron chi connectivity index (χ3n) is 2.65. The van der Waals surface area contributed by atoms with Crippen molar-refractivity contribution in [3.05, 3.63) is 54.2 Å². The summed E-state index contributed by atoms with van der Waals surface area (Å²) in [6.45, 7) is 0.266. The zero-order valence-corrected chi connectivity index (χ0v) is 10.4. The quantitative estimate of drug-likeness (QED) is 0.746. The summed E-state index contributed by atoms with van der Waals surface area (Å²) in [5.41, 5.74) is 1.76. The summed E-state index contributed by atoms with van der Waals surface area (Å²) in [5.74, 6) is 0.208. The first-order chi connectivity index (χ1) is 9.83. The predicted octanol–water partition coefficient (Wildman–Crippen LogP) is 1.39. The van der Waals surface area contributed by atoms with Crippen molar-refractivity contribution in [2.24, 2.45) is 0 Å². The molecule has 7 nitrogen and oxygen atoms in total. The average Bonchev–Trinajstić information content (AvgIpc) is 3.17. The van der Waals surface area contributed by atoms with Crippen LogP contribution in [0.2, 0.25) is 0 Å². The fourth-order valence-electron chi connectivity index (χ4n) is 1.67. The van der Waals surface area contributed by atoms with Crippen molar-refractivity contribution < 1.29 is 9.21 Å². The van der Waals surface area contributed by atoms with E-state index in [2.05, 4.69) is 25.7 Å². The molecule has 0 radical (unpaired) electrons. The van der Waals surface area contributed by atoms with Crippen LogP contribution >= 0.6 is 0 Å².